The van der Waals surface area contributed by atoms with Crippen molar-refractivity contribution in [1.29, 1.82) is 0 Å². The molecule has 1 aromatic carbocycles. The van der Waals surface area contributed by atoms with Gasteiger partial charge in [0, 0.05) is 4.90 Å². The van der Waals surface area contributed by atoms with Crippen LogP contribution in [0.4, 0.5) is 0 Å². The van der Waals surface area contributed by atoms with Crippen molar-refractivity contribution in [3.8, 4) is 0 Å². The maximum absolute atomic E-state index is 12.3. The molecule has 1 unspecified atom stereocenters. The largest absolute Gasteiger partial charge is 0.480 e. The van der Waals surface area contributed by atoms with E-state index in [1.165, 1.54) is 11.8 Å². The standard InChI is InChI=1S/C15H19NO3S/c1-15(2,3)12(14(18)19)16-13(17)11-8-9-6-4-5-7-10(9)20-11/h4-7,11-12H,8H2,1-3H3,(H,16,17)(H,18,19)/t11?,12-/m1/s1. The van der Waals surface area contributed by atoms with Gasteiger partial charge >= 0.3 is 5.97 Å². The second-order valence-corrected chi connectivity index (χ2v) is 7.31. The van der Waals surface area contributed by atoms with Crippen molar-refractivity contribution >= 4 is 23.6 Å². The van der Waals surface area contributed by atoms with Crippen LogP contribution < -0.4 is 5.32 Å². The van der Waals surface area contributed by atoms with Crippen LogP contribution in [-0.2, 0) is 16.0 Å². The van der Waals surface area contributed by atoms with E-state index in [2.05, 4.69) is 5.32 Å². The minimum atomic E-state index is -0.994. The zero-order valence-corrected chi connectivity index (χ0v) is 12.7. The number of rotatable bonds is 3. The van der Waals surface area contributed by atoms with Crippen LogP contribution in [-0.4, -0.2) is 28.3 Å². The second kappa shape index (κ2) is 5.48. The molecular weight excluding hydrogens is 274 g/mol. The van der Waals surface area contributed by atoms with Crippen molar-refractivity contribution < 1.29 is 14.7 Å². The van der Waals surface area contributed by atoms with Gasteiger partial charge in [0.15, 0.2) is 0 Å². The van der Waals surface area contributed by atoms with E-state index in [1.54, 1.807) is 0 Å². The maximum Gasteiger partial charge on any atom is 0.326 e. The fourth-order valence-electron chi connectivity index (χ4n) is 2.21. The van der Waals surface area contributed by atoms with E-state index in [0.717, 1.165) is 10.5 Å². The number of carboxylic acid groups (broad SMARTS) is 1. The monoisotopic (exact) mass is 293 g/mol. The summed E-state index contributed by atoms with van der Waals surface area (Å²) in [5.74, 6) is -1.19. The van der Waals surface area contributed by atoms with E-state index < -0.39 is 17.4 Å². The van der Waals surface area contributed by atoms with E-state index in [4.69, 9.17) is 0 Å². The highest BCUT2D eigenvalue weighted by Gasteiger charge is 2.36. The van der Waals surface area contributed by atoms with Crippen LogP contribution in [0, 0.1) is 5.41 Å². The van der Waals surface area contributed by atoms with Crippen LogP contribution in [0.5, 0.6) is 0 Å². The summed E-state index contributed by atoms with van der Waals surface area (Å²) in [6, 6.07) is 7.02. The number of hydrogen-bond acceptors (Lipinski definition) is 3. The number of aliphatic carboxylic acids is 1. The summed E-state index contributed by atoms with van der Waals surface area (Å²) in [6.07, 6.45) is 0.656. The normalized spacial score (nSPS) is 19.2. The number of carbonyl (C=O) groups is 2. The Bertz CT molecular complexity index is 511. The molecule has 0 spiro atoms. The van der Waals surface area contributed by atoms with Gasteiger partial charge in [-0.25, -0.2) is 4.79 Å². The average Bonchev–Trinajstić information content (AvgIpc) is 2.77. The Morgan fingerprint density at radius 3 is 2.55 bits per heavy atom. The molecule has 0 saturated carbocycles. The molecule has 108 valence electrons. The second-order valence-electron chi connectivity index (χ2n) is 6.06. The zero-order chi connectivity index (χ0) is 14.9. The first kappa shape index (κ1) is 14.9. The number of carbonyl (C=O) groups excluding carboxylic acids is 1. The fraction of sp³-hybridized carbons (Fsp3) is 0.467. The molecule has 1 aliphatic heterocycles. The number of fused-ring (bicyclic) bond motifs is 1. The Morgan fingerprint density at radius 1 is 1.35 bits per heavy atom. The van der Waals surface area contributed by atoms with Gasteiger partial charge in [0.05, 0.1) is 5.25 Å². The highest BCUT2D eigenvalue weighted by atomic mass is 32.2. The Hall–Kier alpha value is -1.49. The molecule has 1 heterocycles. The Kier molecular flexibility index (Phi) is 4.09. The van der Waals surface area contributed by atoms with E-state index >= 15 is 0 Å². The summed E-state index contributed by atoms with van der Waals surface area (Å²) in [5.41, 5.74) is 0.637. The van der Waals surface area contributed by atoms with Crippen molar-refractivity contribution in [3.63, 3.8) is 0 Å². The quantitative estimate of drug-likeness (QED) is 0.897. The number of thioether (sulfide) groups is 1. The first-order chi connectivity index (χ1) is 9.29. The Labute approximate surface area is 123 Å². The van der Waals surface area contributed by atoms with Crippen LogP contribution in [0.25, 0.3) is 0 Å². The molecule has 20 heavy (non-hydrogen) atoms. The number of hydrogen-bond donors (Lipinski definition) is 2. The first-order valence-corrected chi connectivity index (χ1v) is 7.45. The molecule has 2 N–H and O–H groups in total. The summed E-state index contributed by atoms with van der Waals surface area (Å²) < 4.78 is 0. The van der Waals surface area contributed by atoms with Gasteiger partial charge in [-0.05, 0) is 23.5 Å². The van der Waals surface area contributed by atoms with Crippen molar-refractivity contribution in [2.75, 3.05) is 0 Å². The minimum Gasteiger partial charge on any atom is -0.480 e. The summed E-state index contributed by atoms with van der Waals surface area (Å²) in [7, 11) is 0. The highest BCUT2D eigenvalue weighted by molar-refractivity contribution is 8.01. The van der Waals surface area contributed by atoms with E-state index in [0.29, 0.717) is 6.42 Å². The molecule has 1 aromatic rings. The summed E-state index contributed by atoms with van der Waals surface area (Å²) in [4.78, 5) is 24.7. The lowest BCUT2D eigenvalue weighted by Gasteiger charge is -2.28. The number of benzene rings is 1. The molecule has 0 aromatic heterocycles. The molecule has 0 bridgehead atoms. The summed E-state index contributed by atoms with van der Waals surface area (Å²) in [6.45, 7) is 5.42. The van der Waals surface area contributed by atoms with Gasteiger partial charge < -0.3 is 10.4 Å². The van der Waals surface area contributed by atoms with Crippen molar-refractivity contribution in [2.24, 2.45) is 5.41 Å². The molecule has 1 aliphatic rings. The molecule has 0 fully saturated rings. The molecule has 0 saturated heterocycles. The van der Waals surface area contributed by atoms with Crippen molar-refractivity contribution in [2.45, 2.75) is 43.4 Å². The number of amides is 1. The zero-order valence-electron chi connectivity index (χ0n) is 11.8. The van der Waals surface area contributed by atoms with Gasteiger partial charge in [0.2, 0.25) is 5.91 Å². The predicted molar refractivity (Wildman–Crippen MR) is 78.8 cm³/mol. The van der Waals surface area contributed by atoms with E-state index in [9.17, 15) is 14.7 Å². The van der Waals surface area contributed by atoms with Crippen LogP contribution in [0.15, 0.2) is 29.2 Å². The highest BCUT2D eigenvalue weighted by Crippen LogP contribution is 2.37. The van der Waals surface area contributed by atoms with Crippen LogP contribution in [0.1, 0.15) is 26.3 Å². The van der Waals surface area contributed by atoms with Crippen LogP contribution in [0.3, 0.4) is 0 Å². The lowest BCUT2D eigenvalue weighted by molar-refractivity contribution is -0.144. The molecular formula is C15H19NO3S. The van der Waals surface area contributed by atoms with Crippen molar-refractivity contribution in [3.05, 3.63) is 29.8 Å². The smallest absolute Gasteiger partial charge is 0.326 e. The average molecular weight is 293 g/mol. The topological polar surface area (TPSA) is 66.4 Å². The third-order valence-corrected chi connectivity index (χ3v) is 4.66. The van der Waals surface area contributed by atoms with Crippen LogP contribution in [0.2, 0.25) is 0 Å². The van der Waals surface area contributed by atoms with Gasteiger partial charge in [-0.3, -0.25) is 4.79 Å². The van der Waals surface area contributed by atoms with Gasteiger partial charge in [-0.1, -0.05) is 39.0 Å². The van der Waals surface area contributed by atoms with Gasteiger partial charge in [-0.2, -0.15) is 0 Å². The minimum absolute atomic E-state index is 0.200. The van der Waals surface area contributed by atoms with Gasteiger partial charge in [0.1, 0.15) is 6.04 Å². The molecule has 0 radical (unpaired) electrons. The predicted octanol–water partition coefficient (Wildman–Crippen LogP) is 2.32. The molecule has 2 rings (SSSR count). The van der Waals surface area contributed by atoms with E-state index in [1.807, 2.05) is 45.0 Å². The number of nitrogens with one attached hydrogen (secondary N) is 1. The first-order valence-electron chi connectivity index (χ1n) is 6.57. The molecule has 2 atom stereocenters. The molecule has 0 aliphatic carbocycles. The molecule has 5 heteroatoms. The lowest BCUT2D eigenvalue weighted by Crippen LogP contribution is -2.51. The lowest BCUT2D eigenvalue weighted by atomic mass is 9.86. The Morgan fingerprint density at radius 2 is 2.00 bits per heavy atom. The fourth-order valence-corrected chi connectivity index (χ4v) is 3.42. The van der Waals surface area contributed by atoms with Crippen LogP contribution >= 0.6 is 11.8 Å². The maximum atomic E-state index is 12.3. The third-order valence-electron chi connectivity index (χ3n) is 3.34. The van der Waals surface area contributed by atoms with Crippen molar-refractivity contribution in [1.82, 2.24) is 5.32 Å². The SMILES string of the molecule is CC(C)(C)[C@H](NC(=O)C1Cc2ccccc2S1)C(=O)O. The third kappa shape index (κ3) is 3.15. The van der Waals surface area contributed by atoms with E-state index in [-0.39, 0.29) is 11.2 Å². The number of carboxylic acids is 1. The summed E-state index contributed by atoms with van der Waals surface area (Å²) in [5, 5.41) is 11.7. The van der Waals surface area contributed by atoms with Gasteiger partial charge in [-0.15, -0.1) is 11.8 Å². The van der Waals surface area contributed by atoms with Gasteiger partial charge in [0.25, 0.3) is 0 Å². The molecule has 4 nitrogen and oxygen atoms in total. The Balaban J connectivity index is 2.05. The summed E-state index contributed by atoms with van der Waals surface area (Å²) >= 11 is 1.50. The molecule has 1 amide bonds.